The van der Waals surface area contributed by atoms with Crippen molar-refractivity contribution in [2.45, 2.75) is 36.5 Å². The van der Waals surface area contributed by atoms with Crippen LogP contribution in [-0.4, -0.2) is 13.3 Å². The molecule has 0 aliphatic heterocycles. The quantitative estimate of drug-likeness (QED) is 0.480. The van der Waals surface area contributed by atoms with E-state index < -0.39 is 13.3 Å². The molecule has 0 heterocycles. The van der Waals surface area contributed by atoms with E-state index in [2.05, 4.69) is 38.0 Å². The summed E-state index contributed by atoms with van der Waals surface area (Å²) in [4.78, 5) is 2.31. The Balaban J connectivity index is 4.29. The van der Waals surface area contributed by atoms with E-state index in [-0.39, 0.29) is 0 Å². The van der Waals surface area contributed by atoms with E-state index in [0.29, 0.717) is 0 Å². The fourth-order valence-corrected chi connectivity index (χ4v) is 6.61. The summed E-state index contributed by atoms with van der Waals surface area (Å²) in [5.41, 5.74) is 2.97. The Morgan fingerprint density at radius 2 is 1.60 bits per heavy atom. The zero-order chi connectivity index (χ0) is 8.04. The molecule has 1 heteroatoms. The van der Waals surface area contributed by atoms with Crippen molar-refractivity contribution < 1.29 is 0 Å². The molecule has 58 valence electrons. The molecule has 0 nitrogen and oxygen atoms in total. The minimum atomic E-state index is -1.50. The van der Waals surface area contributed by atoms with Crippen LogP contribution in [-0.2, 0) is 0 Å². The van der Waals surface area contributed by atoms with E-state index in [0.717, 1.165) is 0 Å². The van der Waals surface area contributed by atoms with E-state index >= 15 is 0 Å². The second-order valence-corrected chi connectivity index (χ2v) is 13.5. The summed E-state index contributed by atoms with van der Waals surface area (Å²) in [6.45, 7) is 10.6. The molecule has 0 aromatic rings. The van der Waals surface area contributed by atoms with Crippen molar-refractivity contribution in [2.24, 2.45) is 0 Å². The van der Waals surface area contributed by atoms with Crippen molar-refractivity contribution in [3.8, 4) is 0 Å². The molecule has 0 radical (unpaired) electrons. The van der Waals surface area contributed by atoms with Crippen molar-refractivity contribution in [1.29, 1.82) is 0 Å². The first kappa shape index (κ1) is 10.1. The maximum absolute atomic E-state index is 3.66. The molecule has 0 aromatic heterocycles. The Morgan fingerprint density at radius 3 is 1.70 bits per heavy atom. The van der Waals surface area contributed by atoms with Crippen LogP contribution in [0.2, 0.25) is 15.8 Å². The first-order valence-electron chi connectivity index (χ1n) is 4.11. The third kappa shape index (κ3) is 2.36. The zero-order valence-electron chi connectivity index (χ0n) is 7.41. The Hall–Kier alpha value is 0.0629. The normalized spacial score (nSPS) is 10.7. The first-order valence-corrected chi connectivity index (χ1v) is 9.77. The molecule has 0 fully saturated rings. The van der Waals surface area contributed by atoms with Crippen LogP contribution in [0, 0.1) is 0 Å². The van der Waals surface area contributed by atoms with Crippen LogP contribution in [0.1, 0.15) is 20.8 Å². The fraction of sp³-hybridized carbons (Fsp3) is 0.667. The van der Waals surface area contributed by atoms with Crippen LogP contribution in [0.5, 0.6) is 0 Å². The van der Waals surface area contributed by atoms with Crippen molar-refractivity contribution in [3.05, 3.63) is 17.2 Å². The van der Waals surface area contributed by atoms with Gasteiger partial charge < -0.3 is 0 Å². The Kier molecular flexibility index (Phi) is 4.84. The standard InChI is InChI=1S/C9H18Ge/c1-5-9-10(6-2,7-3)8-4/h9H,1,6-8H2,2-4H3. The van der Waals surface area contributed by atoms with Crippen LogP contribution in [0.3, 0.4) is 0 Å². The Bertz CT molecular complexity index is 119. The van der Waals surface area contributed by atoms with Crippen LogP contribution < -0.4 is 0 Å². The van der Waals surface area contributed by atoms with Crippen LogP contribution in [0.15, 0.2) is 17.2 Å². The van der Waals surface area contributed by atoms with Crippen LogP contribution in [0.25, 0.3) is 0 Å². The molecule has 0 unspecified atom stereocenters. The third-order valence-corrected chi connectivity index (χ3v) is 13.1. The van der Waals surface area contributed by atoms with Gasteiger partial charge in [-0.2, -0.15) is 0 Å². The third-order valence-electron chi connectivity index (χ3n) is 2.52. The van der Waals surface area contributed by atoms with Gasteiger partial charge in [-0.05, 0) is 0 Å². The summed E-state index contributed by atoms with van der Waals surface area (Å²) in [6, 6.07) is 0. The second kappa shape index (κ2) is 4.81. The van der Waals surface area contributed by atoms with Gasteiger partial charge in [-0.25, -0.2) is 0 Å². The monoisotopic (exact) mass is 200 g/mol. The van der Waals surface area contributed by atoms with Gasteiger partial charge in [0.05, 0.1) is 0 Å². The molecule has 0 atom stereocenters. The van der Waals surface area contributed by atoms with Gasteiger partial charge in [0, 0.05) is 0 Å². The summed E-state index contributed by atoms with van der Waals surface area (Å²) >= 11 is -1.50. The predicted molar refractivity (Wildman–Crippen MR) is 50.9 cm³/mol. The molecule has 0 aliphatic carbocycles. The minimum absolute atomic E-state index is 1.38. The molecule has 0 saturated heterocycles. The number of hydrogen-bond donors (Lipinski definition) is 0. The van der Waals surface area contributed by atoms with Gasteiger partial charge in [0.25, 0.3) is 0 Å². The Labute approximate surface area is 67.4 Å². The fourth-order valence-electron chi connectivity index (χ4n) is 1.27. The molecule has 0 spiro atoms. The summed E-state index contributed by atoms with van der Waals surface area (Å²) in [5.74, 6) is 0. The topological polar surface area (TPSA) is 0 Å². The zero-order valence-corrected chi connectivity index (χ0v) is 9.50. The van der Waals surface area contributed by atoms with Gasteiger partial charge in [-0.15, -0.1) is 0 Å². The summed E-state index contributed by atoms with van der Waals surface area (Å²) in [6.07, 6.45) is 0. The summed E-state index contributed by atoms with van der Waals surface area (Å²) in [5, 5.41) is 4.15. The van der Waals surface area contributed by atoms with E-state index in [4.69, 9.17) is 0 Å². The van der Waals surface area contributed by atoms with Gasteiger partial charge >= 0.3 is 67.0 Å². The molecular weight excluding hydrogens is 181 g/mol. The second-order valence-electron chi connectivity index (χ2n) is 2.77. The van der Waals surface area contributed by atoms with Gasteiger partial charge in [-0.3, -0.25) is 0 Å². The van der Waals surface area contributed by atoms with Gasteiger partial charge in [-0.1, -0.05) is 0 Å². The molecule has 0 saturated carbocycles. The van der Waals surface area contributed by atoms with Crippen molar-refractivity contribution in [1.82, 2.24) is 0 Å². The van der Waals surface area contributed by atoms with Crippen molar-refractivity contribution in [2.75, 3.05) is 0 Å². The number of hydrogen-bond acceptors (Lipinski definition) is 0. The molecule has 10 heavy (non-hydrogen) atoms. The summed E-state index contributed by atoms with van der Waals surface area (Å²) in [7, 11) is 0. The maximum atomic E-state index is 3.66. The van der Waals surface area contributed by atoms with Gasteiger partial charge in [0.2, 0.25) is 0 Å². The van der Waals surface area contributed by atoms with E-state index in [1.807, 2.05) is 0 Å². The van der Waals surface area contributed by atoms with E-state index in [1.54, 1.807) is 0 Å². The SMILES string of the molecule is C=C=[CH][Ge]([CH2]C)([CH2]C)[CH2]C. The molecule has 0 aromatic carbocycles. The molecule has 0 rings (SSSR count). The predicted octanol–water partition coefficient (Wildman–Crippen LogP) is 3.38. The Morgan fingerprint density at radius 1 is 1.20 bits per heavy atom. The average Bonchev–Trinajstić information content (AvgIpc) is 2.01. The van der Waals surface area contributed by atoms with E-state index in [1.165, 1.54) is 15.8 Å². The van der Waals surface area contributed by atoms with Gasteiger partial charge in [0.15, 0.2) is 0 Å². The molecule has 0 aliphatic rings. The molecular formula is C9H18Ge. The van der Waals surface area contributed by atoms with Gasteiger partial charge in [0.1, 0.15) is 0 Å². The molecule has 0 bridgehead atoms. The average molecular weight is 199 g/mol. The first-order chi connectivity index (χ1) is 4.74. The molecule has 0 amide bonds. The van der Waals surface area contributed by atoms with E-state index in [9.17, 15) is 0 Å². The van der Waals surface area contributed by atoms with Crippen molar-refractivity contribution in [3.63, 3.8) is 0 Å². The van der Waals surface area contributed by atoms with Crippen LogP contribution >= 0.6 is 0 Å². The number of rotatable bonds is 4. The van der Waals surface area contributed by atoms with Crippen LogP contribution in [0.4, 0.5) is 0 Å². The molecule has 0 N–H and O–H groups in total. The summed E-state index contributed by atoms with van der Waals surface area (Å²) < 4.78 is 0. The van der Waals surface area contributed by atoms with Crippen molar-refractivity contribution >= 4 is 13.3 Å².